The van der Waals surface area contributed by atoms with Gasteiger partial charge in [0.05, 0.1) is 11.5 Å². The fraction of sp³-hybridized carbons (Fsp3) is 0.636. The Morgan fingerprint density at radius 1 is 1.08 bits per heavy atom. The summed E-state index contributed by atoms with van der Waals surface area (Å²) in [6.07, 6.45) is 8.53. The summed E-state index contributed by atoms with van der Waals surface area (Å²) < 4.78 is 0. The summed E-state index contributed by atoms with van der Waals surface area (Å²) in [6, 6.07) is 9.05. The predicted molar refractivity (Wildman–Crippen MR) is 101 cm³/mol. The van der Waals surface area contributed by atoms with Crippen molar-refractivity contribution >= 4 is 11.6 Å². The summed E-state index contributed by atoms with van der Waals surface area (Å²) in [5, 5.41) is 10.7. The summed E-state index contributed by atoms with van der Waals surface area (Å²) in [6.45, 7) is 3.90. The Bertz CT molecular complexity index is 562. The normalized spacial score (nSPS) is 25.9. The number of carbonyl (C=O) groups excluding carboxylic acids is 2. The molecule has 1 aliphatic carbocycles. The van der Waals surface area contributed by atoms with Crippen LogP contribution < -0.4 is 0 Å². The molecule has 1 saturated carbocycles. The van der Waals surface area contributed by atoms with Crippen molar-refractivity contribution in [2.75, 3.05) is 0 Å². The molecule has 138 valence electrons. The Kier molecular flexibility index (Phi) is 7.37. The molecular weight excluding hydrogens is 312 g/mol. The molecule has 2 rings (SSSR count). The van der Waals surface area contributed by atoms with Gasteiger partial charge < -0.3 is 5.11 Å². The first kappa shape index (κ1) is 19.8. The number of Topliss-reactive ketones (excluding diaryl/α,β-unsaturated/α-hetero) is 2. The molecule has 0 heterocycles. The lowest BCUT2D eigenvalue weighted by atomic mass is 9.78. The van der Waals surface area contributed by atoms with E-state index in [1.54, 1.807) is 19.1 Å². The van der Waals surface area contributed by atoms with Crippen LogP contribution in [0, 0.1) is 11.8 Å². The van der Waals surface area contributed by atoms with Gasteiger partial charge in [0.25, 0.3) is 0 Å². The number of unbranched alkanes of at least 4 members (excludes halogenated alkanes) is 5. The highest BCUT2D eigenvalue weighted by Gasteiger charge is 2.50. The van der Waals surface area contributed by atoms with Crippen LogP contribution >= 0.6 is 0 Å². The molecule has 1 aliphatic rings. The van der Waals surface area contributed by atoms with Crippen LogP contribution in [0.1, 0.15) is 82.0 Å². The molecule has 0 aliphatic heterocycles. The Balaban J connectivity index is 1.96. The number of ketones is 2. The SMILES string of the molecule is CCCCCCCCC(=O)[C@H]1CC[C@](C)(O)[C@@H]1C(=O)c1ccccc1. The van der Waals surface area contributed by atoms with Gasteiger partial charge in [-0.2, -0.15) is 0 Å². The van der Waals surface area contributed by atoms with Crippen molar-refractivity contribution in [3.63, 3.8) is 0 Å². The van der Waals surface area contributed by atoms with E-state index in [1.807, 2.05) is 18.2 Å². The van der Waals surface area contributed by atoms with Crippen molar-refractivity contribution in [2.24, 2.45) is 11.8 Å². The summed E-state index contributed by atoms with van der Waals surface area (Å²) in [7, 11) is 0. The third kappa shape index (κ3) is 5.24. The molecule has 0 radical (unpaired) electrons. The third-order valence-electron chi connectivity index (χ3n) is 5.56. The first-order chi connectivity index (χ1) is 12.0. The molecule has 1 aromatic rings. The number of carbonyl (C=O) groups is 2. The zero-order valence-electron chi connectivity index (χ0n) is 15.7. The average molecular weight is 344 g/mol. The van der Waals surface area contributed by atoms with Crippen LogP contribution in [-0.2, 0) is 4.79 Å². The molecule has 0 unspecified atom stereocenters. The quantitative estimate of drug-likeness (QED) is 0.482. The zero-order valence-corrected chi connectivity index (χ0v) is 15.7. The first-order valence-electron chi connectivity index (χ1n) is 9.81. The highest BCUT2D eigenvalue weighted by Crippen LogP contribution is 2.43. The molecule has 25 heavy (non-hydrogen) atoms. The number of rotatable bonds is 10. The summed E-state index contributed by atoms with van der Waals surface area (Å²) in [4.78, 5) is 25.6. The Hall–Kier alpha value is -1.48. The van der Waals surface area contributed by atoms with Gasteiger partial charge in [-0.25, -0.2) is 0 Å². The van der Waals surface area contributed by atoms with E-state index in [0.29, 0.717) is 24.8 Å². The van der Waals surface area contributed by atoms with Crippen molar-refractivity contribution in [3.8, 4) is 0 Å². The van der Waals surface area contributed by atoms with E-state index in [-0.39, 0.29) is 17.5 Å². The Labute approximate surface area is 151 Å². The minimum absolute atomic E-state index is 0.0932. The topological polar surface area (TPSA) is 54.4 Å². The van der Waals surface area contributed by atoms with Crippen LogP contribution in [0.25, 0.3) is 0 Å². The highest BCUT2D eigenvalue weighted by atomic mass is 16.3. The van der Waals surface area contributed by atoms with Gasteiger partial charge in [-0.15, -0.1) is 0 Å². The lowest BCUT2D eigenvalue weighted by Gasteiger charge is -2.27. The van der Waals surface area contributed by atoms with Gasteiger partial charge in [-0.3, -0.25) is 9.59 Å². The van der Waals surface area contributed by atoms with Crippen LogP contribution in [0.2, 0.25) is 0 Å². The molecule has 0 saturated heterocycles. The van der Waals surface area contributed by atoms with Gasteiger partial charge in [0, 0.05) is 17.9 Å². The maximum atomic E-state index is 12.9. The first-order valence-corrected chi connectivity index (χ1v) is 9.81. The second kappa shape index (κ2) is 9.28. The molecule has 3 nitrogen and oxygen atoms in total. The molecule has 0 aromatic heterocycles. The van der Waals surface area contributed by atoms with Gasteiger partial charge in [-0.1, -0.05) is 69.4 Å². The number of benzene rings is 1. The van der Waals surface area contributed by atoms with Crippen molar-refractivity contribution in [1.82, 2.24) is 0 Å². The van der Waals surface area contributed by atoms with E-state index in [9.17, 15) is 14.7 Å². The fourth-order valence-corrected chi connectivity index (χ4v) is 4.06. The maximum absolute atomic E-state index is 12.9. The van der Waals surface area contributed by atoms with Gasteiger partial charge in [0.15, 0.2) is 5.78 Å². The van der Waals surface area contributed by atoms with Crippen molar-refractivity contribution in [2.45, 2.75) is 77.2 Å². The predicted octanol–water partition coefficient (Wildman–Crippen LogP) is 4.97. The second-order valence-corrected chi connectivity index (χ2v) is 7.69. The van der Waals surface area contributed by atoms with Crippen molar-refractivity contribution < 1.29 is 14.7 Å². The van der Waals surface area contributed by atoms with Gasteiger partial charge >= 0.3 is 0 Å². The van der Waals surface area contributed by atoms with Crippen molar-refractivity contribution in [3.05, 3.63) is 35.9 Å². The van der Waals surface area contributed by atoms with E-state index in [1.165, 1.54) is 25.7 Å². The largest absolute Gasteiger partial charge is 0.389 e. The molecule has 1 N–H and O–H groups in total. The zero-order chi connectivity index (χ0) is 18.3. The van der Waals surface area contributed by atoms with Crippen LogP contribution in [0.15, 0.2) is 30.3 Å². The third-order valence-corrected chi connectivity index (χ3v) is 5.56. The highest BCUT2D eigenvalue weighted by molar-refractivity contribution is 6.01. The Morgan fingerprint density at radius 2 is 1.72 bits per heavy atom. The lowest BCUT2D eigenvalue weighted by molar-refractivity contribution is -0.124. The molecule has 1 fully saturated rings. The summed E-state index contributed by atoms with van der Waals surface area (Å²) in [5.74, 6) is -0.882. The van der Waals surface area contributed by atoms with Crippen LogP contribution in [0.4, 0.5) is 0 Å². The molecular formula is C22H32O3. The average Bonchev–Trinajstić information content (AvgIpc) is 2.93. The van der Waals surface area contributed by atoms with Gasteiger partial charge in [-0.05, 0) is 26.2 Å². The standard InChI is InChI=1S/C22H32O3/c1-3-4-5-6-7-11-14-19(23)18-15-16-22(2,25)20(18)21(24)17-12-9-8-10-13-17/h8-10,12-13,18,20,25H,3-7,11,14-16H2,1-2H3/t18-,20+,22+/m1/s1. The number of hydrogen-bond acceptors (Lipinski definition) is 3. The summed E-state index contributed by atoms with van der Waals surface area (Å²) >= 11 is 0. The summed E-state index contributed by atoms with van der Waals surface area (Å²) in [5.41, 5.74) is -0.499. The number of hydrogen-bond donors (Lipinski definition) is 1. The maximum Gasteiger partial charge on any atom is 0.169 e. The Morgan fingerprint density at radius 3 is 2.40 bits per heavy atom. The van der Waals surface area contributed by atoms with Crippen molar-refractivity contribution in [1.29, 1.82) is 0 Å². The smallest absolute Gasteiger partial charge is 0.169 e. The van der Waals surface area contributed by atoms with Crippen LogP contribution in [0.3, 0.4) is 0 Å². The monoisotopic (exact) mass is 344 g/mol. The van der Waals surface area contributed by atoms with Gasteiger partial charge in [0.2, 0.25) is 0 Å². The minimum atomic E-state index is -1.09. The number of aliphatic hydroxyl groups is 1. The van der Waals surface area contributed by atoms with Gasteiger partial charge in [0.1, 0.15) is 5.78 Å². The molecule has 3 atom stereocenters. The second-order valence-electron chi connectivity index (χ2n) is 7.69. The van der Waals surface area contributed by atoms with E-state index in [4.69, 9.17) is 0 Å². The molecule has 0 amide bonds. The van der Waals surface area contributed by atoms with E-state index < -0.39 is 11.5 Å². The van der Waals surface area contributed by atoms with Crippen LogP contribution in [-0.4, -0.2) is 22.3 Å². The van der Waals surface area contributed by atoms with E-state index >= 15 is 0 Å². The molecule has 1 aromatic carbocycles. The van der Waals surface area contributed by atoms with Crippen LogP contribution in [0.5, 0.6) is 0 Å². The minimum Gasteiger partial charge on any atom is -0.389 e. The lowest BCUT2D eigenvalue weighted by Crippen LogP contribution is -2.40. The molecule has 0 spiro atoms. The van der Waals surface area contributed by atoms with E-state index in [0.717, 1.165) is 12.8 Å². The molecule has 0 bridgehead atoms. The molecule has 3 heteroatoms. The van der Waals surface area contributed by atoms with E-state index in [2.05, 4.69) is 6.92 Å². The fourth-order valence-electron chi connectivity index (χ4n) is 4.06.